The van der Waals surface area contributed by atoms with Crippen LogP contribution in [-0.2, 0) is 14.3 Å². The predicted molar refractivity (Wildman–Crippen MR) is 90.7 cm³/mol. The largest absolute Gasteiger partial charge is 0.465 e. The molecule has 0 bridgehead atoms. The molecule has 3 N–H and O–H groups in total. The number of hydrogen-bond donors (Lipinski definition) is 2. The van der Waals surface area contributed by atoms with Gasteiger partial charge in [-0.1, -0.05) is 42.1 Å². The number of thioether (sulfide) groups is 1. The number of allylic oxidation sites excluding steroid dienone is 1. The van der Waals surface area contributed by atoms with Crippen molar-refractivity contribution in [2.45, 2.75) is 19.9 Å². The highest BCUT2D eigenvalue weighted by atomic mass is 32.2. The summed E-state index contributed by atoms with van der Waals surface area (Å²) in [5, 5.41) is 3.59. The predicted octanol–water partition coefficient (Wildman–Crippen LogP) is 1.74. The van der Waals surface area contributed by atoms with Crippen molar-refractivity contribution < 1.29 is 14.3 Å². The third-order valence-electron chi connectivity index (χ3n) is 3.23. The van der Waals surface area contributed by atoms with Gasteiger partial charge in [-0.3, -0.25) is 9.59 Å². The number of hydrogen-bond acceptors (Lipinski definition) is 6. The van der Waals surface area contributed by atoms with Gasteiger partial charge in [-0.2, -0.15) is 0 Å². The van der Waals surface area contributed by atoms with Crippen molar-refractivity contribution in [2.24, 2.45) is 10.7 Å². The molecule has 0 unspecified atom stereocenters. The summed E-state index contributed by atoms with van der Waals surface area (Å²) in [5.41, 5.74) is 7.45. The fourth-order valence-corrected chi connectivity index (χ4v) is 2.99. The van der Waals surface area contributed by atoms with E-state index in [0.29, 0.717) is 23.0 Å². The number of carbonyl (C=O) groups excluding carboxylic acids is 2. The van der Waals surface area contributed by atoms with Gasteiger partial charge in [0, 0.05) is 5.70 Å². The zero-order chi connectivity index (χ0) is 16.8. The van der Waals surface area contributed by atoms with Crippen molar-refractivity contribution in [1.82, 2.24) is 5.32 Å². The van der Waals surface area contributed by atoms with Crippen LogP contribution in [0.3, 0.4) is 0 Å². The monoisotopic (exact) mass is 333 g/mol. The fraction of sp³-hybridized carbons (Fsp3) is 0.312. The number of amides is 1. The minimum Gasteiger partial charge on any atom is -0.465 e. The summed E-state index contributed by atoms with van der Waals surface area (Å²) in [6.07, 6.45) is 0. The van der Waals surface area contributed by atoms with Crippen LogP contribution in [0.15, 0.2) is 46.6 Å². The molecule has 6 nitrogen and oxygen atoms in total. The molecule has 0 saturated carbocycles. The van der Waals surface area contributed by atoms with Crippen LogP contribution < -0.4 is 11.1 Å². The molecule has 23 heavy (non-hydrogen) atoms. The van der Waals surface area contributed by atoms with E-state index in [-0.39, 0.29) is 11.7 Å². The summed E-state index contributed by atoms with van der Waals surface area (Å²) in [7, 11) is 0. The van der Waals surface area contributed by atoms with E-state index in [1.807, 2.05) is 30.3 Å². The number of primary amides is 1. The quantitative estimate of drug-likeness (QED) is 0.801. The van der Waals surface area contributed by atoms with Crippen molar-refractivity contribution >= 4 is 28.8 Å². The van der Waals surface area contributed by atoms with Crippen molar-refractivity contribution in [3.05, 3.63) is 47.2 Å². The summed E-state index contributed by atoms with van der Waals surface area (Å²) < 4.78 is 4.90. The number of benzene rings is 1. The smallest absolute Gasteiger partial charge is 0.316 e. The maximum absolute atomic E-state index is 11.8. The number of carbonyl (C=O) groups is 2. The molecule has 1 amide bonds. The lowest BCUT2D eigenvalue weighted by atomic mass is 9.96. The zero-order valence-electron chi connectivity index (χ0n) is 13.0. The van der Waals surface area contributed by atoms with Gasteiger partial charge in [-0.05, 0) is 19.4 Å². The molecule has 1 aliphatic heterocycles. The lowest BCUT2D eigenvalue weighted by Crippen LogP contribution is -2.32. The van der Waals surface area contributed by atoms with Crippen LogP contribution in [-0.4, -0.2) is 29.4 Å². The molecule has 0 aliphatic carbocycles. The van der Waals surface area contributed by atoms with E-state index >= 15 is 0 Å². The second-order valence-corrected chi connectivity index (χ2v) is 5.83. The number of nitrogens with zero attached hydrogens (tertiary/aromatic N) is 1. The van der Waals surface area contributed by atoms with E-state index in [1.165, 1.54) is 11.8 Å². The van der Waals surface area contributed by atoms with Gasteiger partial charge in [-0.25, -0.2) is 4.99 Å². The number of aliphatic imine (C=N–C) groups is 1. The molecule has 1 atom stereocenters. The van der Waals surface area contributed by atoms with Crippen LogP contribution in [0.2, 0.25) is 0 Å². The number of esters is 1. The first-order valence-electron chi connectivity index (χ1n) is 7.21. The summed E-state index contributed by atoms with van der Waals surface area (Å²) >= 11 is 1.24. The number of amidine groups is 1. The summed E-state index contributed by atoms with van der Waals surface area (Å²) in [6.45, 7) is 3.88. The van der Waals surface area contributed by atoms with Crippen molar-refractivity contribution in [3.8, 4) is 0 Å². The Hall–Kier alpha value is -2.28. The lowest BCUT2D eigenvalue weighted by molar-refractivity contribution is -0.139. The molecule has 0 saturated heterocycles. The maximum atomic E-state index is 11.8. The fourth-order valence-electron chi connectivity index (χ4n) is 2.25. The molecule has 0 spiro atoms. The molecule has 0 aromatic heterocycles. The van der Waals surface area contributed by atoms with Gasteiger partial charge in [-0.15, -0.1) is 0 Å². The average molecular weight is 333 g/mol. The van der Waals surface area contributed by atoms with Gasteiger partial charge in [0.05, 0.1) is 17.9 Å². The summed E-state index contributed by atoms with van der Waals surface area (Å²) in [6, 6.07) is 8.97. The van der Waals surface area contributed by atoms with E-state index < -0.39 is 11.9 Å². The molecule has 2 rings (SSSR count). The standard InChI is InChI=1S/C16H19N3O3S/c1-3-22-12(20)9-23-16-18-10(2)13(15(17)21)14(19-16)11-7-5-4-6-8-11/h4-8,14H,3,9H2,1-2H3,(H2,17,21)(H,18,19)/t14-/m0/s1. The Labute approximate surface area is 139 Å². The second-order valence-electron chi connectivity index (χ2n) is 4.87. The van der Waals surface area contributed by atoms with Gasteiger partial charge >= 0.3 is 5.97 Å². The molecule has 7 heteroatoms. The highest BCUT2D eigenvalue weighted by molar-refractivity contribution is 8.14. The Morgan fingerprint density at radius 3 is 2.65 bits per heavy atom. The Kier molecular flexibility index (Phi) is 5.81. The Balaban J connectivity index is 2.24. The molecule has 0 fully saturated rings. The van der Waals surface area contributed by atoms with Crippen LogP contribution in [0.1, 0.15) is 25.5 Å². The van der Waals surface area contributed by atoms with Crippen LogP contribution in [0.25, 0.3) is 0 Å². The molecular formula is C16H19N3O3S. The molecule has 0 radical (unpaired) electrons. The first kappa shape index (κ1) is 17.1. The summed E-state index contributed by atoms with van der Waals surface area (Å²) in [5.74, 6) is -0.664. The minimum absolute atomic E-state index is 0.153. The van der Waals surface area contributed by atoms with E-state index in [2.05, 4.69) is 10.3 Å². The van der Waals surface area contributed by atoms with Crippen LogP contribution in [0, 0.1) is 0 Å². The van der Waals surface area contributed by atoms with Crippen LogP contribution in [0.5, 0.6) is 0 Å². The van der Waals surface area contributed by atoms with Gasteiger partial charge in [0.15, 0.2) is 5.17 Å². The third-order valence-corrected chi connectivity index (χ3v) is 4.09. The van der Waals surface area contributed by atoms with E-state index in [1.54, 1.807) is 13.8 Å². The Morgan fingerprint density at radius 1 is 1.35 bits per heavy atom. The first-order valence-corrected chi connectivity index (χ1v) is 8.20. The number of rotatable bonds is 5. The summed E-state index contributed by atoms with van der Waals surface area (Å²) in [4.78, 5) is 27.8. The van der Waals surface area contributed by atoms with Gasteiger partial charge < -0.3 is 15.8 Å². The Morgan fingerprint density at radius 2 is 2.04 bits per heavy atom. The number of nitrogens with one attached hydrogen (secondary N) is 1. The van der Waals surface area contributed by atoms with Crippen molar-refractivity contribution in [2.75, 3.05) is 12.4 Å². The van der Waals surface area contributed by atoms with E-state index in [0.717, 1.165) is 5.56 Å². The molecule has 122 valence electrons. The zero-order valence-corrected chi connectivity index (χ0v) is 13.9. The van der Waals surface area contributed by atoms with E-state index in [4.69, 9.17) is 10.5 Å². The first-order chi connectivity index (χ1) is 11.0. The minimum atomic E-state index is -0.512. The molecule has 1 aromatic carbocycles. The maximum Gasteiger partial charge on any atom is 0.316 e. The van der Waals surface area contributed by atoms with E-state index in [9.17, 15) is 9.59 Å². The molecule has 1 aliphatic rings. The molecular weight excluding hydrogens is 314 g/mol. The SMILES string of the molecule is CCOC(=O)CSC1=N[C@@H](c2ccccc2)C(C(N)=O)=C(C)N1. The average Bonchev–Trinajstić information content (AvgIpc) is 2.53. The highest BCUT2D eigenvalue weighted by Crippen LogP contribution is 2.31. The van der Waals surface area contributed by atoms with Gasteiger partial charge in [0.1, 0.15) is 6.04 Å². The van der Waals surface area contributed by atoms with Crippen LogP contribution >= 0.6 is 11.8 Å². The van der Waals surface area contributed by atoms with Gasteiger partial charge in [0.25, 0.3) is 0 Å². The third kappa shape index (κ3) is 4.35. The van der Waals surface area contributed by atoms with Crippen molar-refractivity contribution in [1.29, 1.82) is 0 Å². The van der Waals surface area contributed by atoms with Gasteiger partial charge in [0.2, 0.25) is 5.91 Å². The molecule has 1 heterocycles. The normalized spacial score (nSPS) is 17.3. The number of nitrogens with two attached hydrogens (primary N) is 1. The molecule has 1 aromatic rings. The van der Waals surface area contributed by atoms with Crippen molar-refractivity contribution in [3.63, 3.8) is 0 Å². The second kappa shape index (κ2) is 7.82. The lowest BCUT2D eigenvalue weighted by Gasteiger charge is -2.25. The number of ether oxygens (including phenoxy) is 1. The Bertz CT molecular complexity index is 656. The highest BCUT2D eigenvalue weighted by Gasteiger charge is 2.28. The van der Waals surface area contributed by atoms with Crippen LogP contribution in [0.4, 0.5) is 0 Å². The topological polar surface area (TPSA) is 93.8 Å².